The van der Waals surface area contributed by atoms with Gasteiger partial charge in [-0.3, -0.25) is 0 Å². The minimum absolute atomic E-state index is 0.0422. The smallest absolute Gasteiger partial charge is 0.255 e. The molecule has 0 aliphatic carbocycles. The van der Waals surface area contributed by atoms with E-state index in [0.717, 1.165) is 5.69 Å². The lowest BCUT2D eigenvalue weighted by molar-refractivity contribution is 0.418. The van der Waals surface area contributed by atoms with Crippen LogP contribution in [0.2, 0.25) is 0 Å². The maximum absolute atomic E-state index is 12.2. The fraction of sp³-hybridized carbons (Fsp3) is 0.167. The first-order chi connectivity index (χ1) is 8.40. The highest BCUT2D eigenvalue weighted by Crippen LogP contribution is 2.15. The molecule has 0 saturated heterocycles. The summed E-state index contributed by atoms with van der Waals surface area (Å²) in [5, 5.41) is 17.5. The van der Waals surface area contributed by atoms with Crippen molar-refractivity contribution in [1.82, 2.24) is 9.97 Å². The molecule has 6 heteroatoms. The number of pyridine rings is 2. The lowest BCUT2D eigenvalue weighted by Gasteiger charge is -1.96. The Morgan fingerprint density at radius 1 is 0.944 bits per heavy atom. The summed E-state index contributed by atoms with van der Waals surface area (Å²) in [6, 6.07) is 6.04. The van der Waals surface area contributed by atoms with Gasteiger partial charge in [0.05, 0.1) is 0 Å². The molecular weight excluding hydrogens is 237 g/mol. The highest BCUT2D eigenvalue weighted by atomic mass is 19.1. The van der Waals surface area contributed by atoms with E-state index in [0.29, 0.717) is 5.69 Å². The molecule has 0 atom stereocenters. The molecule has 0 aromatic carbocycles. The molecule has 0 fully saturated rings. The average Bonchev–Trinajstić information content (AvgIpc) is 2.30. The van der Waals surface area contributed by atoms with Crippen LogP contribution in [0.3, 0.4) is 0 Å². The van der Waals surface area contributed by atoms with Crippen molar-refractivity contribution in [2.24, 2.45) is 0 Å². The van der Waals surface area contributed by atoms with Gasteiger partial charge in [-0.15, -0.1) is 0 Å². The SMILES string of the molecule is Cc1ccc(O)c(F)n1.Cc1ccc(O)c(N)n1. The quantitative estimate of drug-likeness (QED) is 0.622. The second-order valence-corrected chi connectivity index (χ2v) is 3.62. The van der Waals surface area contributed by atoms with Crippen LogP contribution in [0.5, 0.6) is 11.5 Å². The van der Waals surface area contributed by atoms with Crippen molar-refractivity contribution in [3.63, 3.8) is 0 Å². The molecule has 0 spiro atoms. The molecule has 5 nitrogen and oxygen atoms in total. The van der Waals surface area contributed by atoms with E-state index in [2.05, 4.69) is 9.97 Å². The number of aryl methyl sites for hydroxylation is 2. The van der Waals surface area contributed by atoms with Gasteiger partial charge in [0.25, 0.3) is 5.95 Å². The topological polar surface area (TPSA) is 92.3 Å². The van der Waals surface area contributed by atoms with E-state index in [9.17, 15) is 4.39 Å². The van der Waals surface area contributed by atoms with Crippen LogP contribution in [0.4, 0.5) is 10.2 Å². The van der Waals surface area contributed by atoms with Crippen molar-refractivity contribution in [3.8, 4) is 11.5 Å². The third kappa shape index (κ3) is 3.89. The van der Waals surface area contributed by atoms with Crippen molar-refractivity contribution < 1.29 is 14.6 Å². The standard InChI is InChI=1S/C6H6FNO.C6H8N2O/c2*1-4-2-3-5(9)6(7)8-4/h2-3,9H,1H3;2-3,9H,1H3,(H2,7,8). The molecule has 2 rings (SSSR count). The number of nitrogen functional groups attached to an aromatic ring is 1. The number of hydrogen-bond donors (Lipinski definition) is 3. The molecule has 0 aliphatic rings. The summed E-state index contributed by atoms with van der Waals surface area (Å²) in [5.74, 6) is -0.980. The summed E-state index contributed by atoms with van der Waals surface area (Å²) in [6.45, 7) is 3.47. The van der Waals surface area contributed by atoms with Crippen LogP contribution in [0.25, 0.3) is 0 Å². The molecule has 0 amide bonds. The van der Waals surface area contributed by atoms with Crippen LogP contribution in [0, 0.1) is 19.8 Å². The monoisotopic (exact) mass is 251 g/mol. The minimum Gasteiger partial charge on any atom is -0.504 e. The van der Waals surface area contributed by atoms with Crippen LogP contribution in [-0.2, 0) is 0 Å². The van der Waals surface area contributed by atoms with Crippen molar-refractivity contribution in [1.29, 1.82) is 0 Å². The highest BCUT2D eigenvalue weighted by molar-refractivity contribution is 5.44. The first-order valence-corrected chi connectivity index (χ1v) is 5.14. The summed E-state index contributed by atoms with van der Waals surface area (Å²) >= 11 is 0. The minimum atomic E-state index is -0.810. The Bertz CT molecular complexity index is 497. The van der Waals surface area contributed by atoms with Gasteiger partial charge in [0.2, 0.25) is 0 Å². The van der Waals surface area contributed by atoms with Crippen LogP contribution in [0.15, 0.2) is 24.3 Å². The third-order valence-corrected chi connectivity index (χ3v) is 2.01. The van der Waals surface area contributed by atoms with Gasteiger partial charge < -0.3 is 15.9 Å². The zero-order chi connectivity index (χ0) is 13.7. The van der Waals surface area contributed by atoms with E-state index >= 15 is 0 Å². The molecule has 96 valence electrons. The van der Waals surface area contributed by atoms with E-state index < -0.39 is 11.7 Å². The largest absolute Gasteiger partial charge is 0.504 e. The fourth-order valence-electron chi connectivity index (χ4n) is 1.09. The summed E-state index contributed by atoms with van der Waals surface area (Å²) in [7, 11) is 0. The second-order valence-electron chi connectivity index (χ2n) is 3.62. The predicted octanol–water partition coefficient (Wildman–Crippen LogP) is 1.91. The first kappa shape index (κ1) is 13.7. The Morgan fingerprint density at radius 2 is 1.44 bits per heavy atom. The van der Waals surface area contributed by atoms with Crippen molar-refractivity contribution >= 4 is 5.82 Å². The molecule has 0 unspecified atom stereocenters. The van der Waals surface area contributed by atoms with Gasteiger partial charge in [-0.25, -0.2) is 9.97 Å². The molecule has 0 aliphatic heterocycles. The van der Waals surface area contributed by atoms with E-state index in [4.69, 9.17) is 15.9 Å². The number of nitrogens with zero attached hydrogens (tertiary/aromatic N) is 2. The molecule has 0 bridgehead atoms. The van der Waals surface area contributed by atoms with Gasteiger partial charge >= 0.3 is 0 Å². The number of hydrogen-bond acceptors (Lipinski definition) is 5. The summed E-state index contributed by atoms with van der Waals surface area (Å²) in [5.41, 5.74) is 6.63. The van der Waals surface area contributed by atoms with Gasteiger partial charge in [-0.1, -0.05) is 0 Å². The first-order valence-electron chi connectivity index (χ1n) is 5.14. The molecule has 2 aromatic heterocycles. The maximum atomic E-state index is 12.2. The van der Waals surface area contributed by atoms with Gasteiger partial charge in [0.1, 0.15) is 0 Å². The summed E-state index contributed by atoms with van der Waals surface area (Å²) in [6.07, 6.45) is 0. The number of aromatic hydroxyl groups is 2. The lowest BCUT2D eigenvalue weighted by Crippen LogP contribution is -1.91. The number of rotatable bonds is 0. The van der Waals surface area contributed by atoms with Gasteiger partial charge in [0.15, 0.2) is 17.3 Å². The third-order valence-electron chi connectivity index (χ3n) is 2.01. The molecule has 18 heavy (non-hydrogen) atoms. The van der Waals surface area contributed by atoms with E-state index in [1.165, 1.54) is 12.1 Å². The number of halogens is 1. The van der Waals surface area contributed by atoms with Gasteiger partial charge in [0, 0.05) is 11.4 Å². The molecular formula is C12H14FN3O2. The van der Waals surface area contributed by atoms with Gasteiger partial charge in [-0.2, -0.15) is 4.39 Å². The molecule has 2 aromatic rings. The number of aromatic nitrogens is 2. The Hall–Kier alpha value is -2.37. The van der Waals surface area contributed by atoms with Crippen LogP contribution in [-0.4, -0.2) is 20.2 Å². The Kier molecular flexibility index (Phi) is 4.42. The normalized spacial score (nSPS) is 9.50. The number of anilines is 1. The van der Waals surface area contributed by atoms with Crippen LogP contribution >= 0.6 is 0 Å². The molecule has 2 heterocycles. The molecule has 0 radical (unpaired) electrons. The summed E-state index contributed by atoms with van der Waals surface area (Å²) < 4.78 is 12.2. The Labute approximate surface area is 104 Å². The van der Waals surface area contributed by atoms with E-state index in [1.807, 2.05) is 6.92 Å². The maximum Gasteiger partial charge on any atom is 0.255 e. The molecule has 4 N–H and O–H groups in total. The number of nitrogens with two attached hydrogens (primary N) is 1. The fourth-order valence-corrected chi connectivity index (χ4v) is 1.09. The van der Waals surface area contributed by atoms with Gasteiger partial charge in [-0.05, 0) is 38.1 Å². The second kappa shape index (κ2) is 5.81. The Balaban J connectivity index is 0.000000180. The molecule has 0 saturated carbocycles. The summed E-state index contributed by atoms with van der Waals surface area (Å²) in [4.78, 5) is 7.16. The average molecular weight is 251 g/mol. The van der Waals surface area contributed by atoms with Crippen molar-refractivity contribution in [2.45, 2.75) is 13.8 Å². The van der Waals surface area contributed by atoms with E-state index in [-0.39, 0.29) is 11.6 Å². The van der Waals surface area contributed by atoms with Crippen molar-refractivity contribution in [3.05, 3.63) is 41.6 Å². The van der Waals surface area contributed by atoms with E-state index in [1.54, 1.807) is 19.1 Å². The zero-order valence-corrected chi connectivity index (χ0v) is 10.1. The van der Waals surface area contributed by atoms with Crippen LogP contribution < -0.4 is 5.73 Å². The predicted molar refractivity (Wildman–Crippen MR) is 65.6 cm³/mol. The lowest BCUT2D eigenvalue weighted by atomic mass is 10.3. The van der Waals surface area contributed by atoms with Crippen molar-refractivity contribution in [2.75, 3.05) is 5.73 Å². The Morgan fingerprint density at radius 3 is 1.83 bits per heavy atom. The highest BCUT2D eigenvalue weighted by Gasteiger charge is 1.98. The zero-order valence-electron chi connectivity index (χ0n) is 10.1. The van der Waals surface area contributed by atoms with Crippen LogP contribution in [0.1, 0.15) is 11.4 Å².